The number of benzene rings is 1. The van der Waals surface area contributed by atoms with Gasteiger partial charge in [-0.3, -0.25) is 4.79 Å². The molecule has 5 nitrogen and oxygen atoms in total. The SMILES string of the molecule is CCCN(C=O)C(C(=O)O)c1cccc(O)c1. The van der Waals surface area contributed by atoms with Crippen molar-refractivity contribution in [2.75, 3.05) is 6.54 Å². The number of phenolic OH excluding ortho intramolecular Hbond substituents is 1. The molecule has 92 valence electrons. The van der Waals surface area contributed by atoms with E-state index in [0.29, 0.717) is 24.9 Å². The first-order chi connectivity index (χ1) is 8.10. The molecule has 1 aromatic carbocycles. The number of aromatic hydroxyl groups is 1. The molecule has 0 aliphatic carbocycles. The minimum Gasteiger partial charge on any atom is -0.508 e. The van der Waals surface area contributed by atoms with E-state index in [0.717, 1.165) is 0 Å². The van der Waals surface area contributed by atoms with Crippen molar-refractivity contribution < 1.29 is 19.8 Å². The van der Waals surface area contributed by atoms with Crippen LogP contribution in [0, 0.1) is 0 Å². The number of carboxylic acids is 1. The van der Waals surface area contributed by atoms with Gasteiger partial charge in [-0.05, 0) is 24.1 Å². The van der Waals surface area contributed by atoms with E-state index in [1.165, 1.54) is 17.0 Å². The lowest BCUT2D eigenvalue weighted by molar-refractivity contribution is -0.146. The average molecular weight is 237 g/mol. The van der Waals surface area contributed by atoms with Crippen molar-refractivity contribution in [3.63, 3.8) is 0 Å². The Morgan fingerprint density at radius 1 is 1.53 bits per heavy atom. The molecule has 0 aliphatic rings. The number of carbonyl (C=O) groups is 2. The molecule has 2 N–H and O–H groups in total. The maximum Gasteiger partial charge on any atom is 0.331 e. The number of phenols is 1. The molecule has 0 spiro atoms. The smallest absolute Gasteiger partial charge is 0.331 e. The second kappa shape index (κ2) is 5.89. The van der Waals surface area contributed by atoms with Crippen LogP contribution in [0.5, 0.6) is 5.75 Å². The van der Waals surface area contributed by atoms with Crippen LogP contribution in [0.4, 0.5) is 0 Å². The Kier molecular flexibility index (Phi) is 4.51. The van der Waals surface area contributed by atoms with Gasteiger partial charge in [0.1, 0.15) is 5.75 Å². The van der Waals surface area contributed by atoms with Gasteiger partial charge in [-0.25, -0.2) is 4.79 Å². The molecule has 0 saturated heterocycles. The zero-order valence-electron chi connectivity index (χ0n) is 9.54. The molecule has 0 aromatic heterocycles. The highest BCUT2D eigenvalue weighted by molar-refractivity contribution is 5.78. The van der Waals surface area contributed by atoms with Gasteiger partial charge in [0, 0.05) is 6.54 Å². The van der Waals surface area contributed by atoms with Crippen LogP contribution in [-0.2, 0) is 9.59 Å². The van der Waals surface area contributed by atoms with Crippen LogP contribution in [0.2, 0.25) is 0 Å². The van der Waals surface area contributed by atoms with Crippen LogP contribution < -0.4 is 0 Å². The van der Waals surface area contributed by atoms with Gasteiger partial charge in [0.25, 0.3) is 0 Å². The van der Waals surface area contributed by atoms with Crippen molar-refractivity contribution in [2.24, 2.45) is 0 Å². The number of nitrogens with zero attached hydrogens (tertiary/aromatic N) is 1. The molecular formula is C12H15NO4. The summed E-state index contributed by atoms with van der Waals surface area (Å²) < 4.78 is 0. The summed E-state index contributed by atoms with van der Waals surface area (Å²) in [5.41, 5.74) is 0.387. The molecule has 17 heavy (non-hydrogen) atoms. The Bertz CT molecular complexity index is 405. The molecule has 1 atom stereocenters. The minimum absolute atomic E-state index is 0.0175. The number of rotatable bonds is 6. The largest absolute Gasteiger partial charge is 0.508 e. The highest BCUT2D eigenvalue weighted by Gasteiger charge is 2.26. The molecule has 5 heteroatoms. The van der Waals surface area contributed by atoms with Gasteiger partial charge in [0.05, 0.1) is 0 Å². The predicted octanol–water partition coefficient (Wildman–Crippen LogP) is 1.39. The van der Waals surface area contributed by atoms with Crippen molar-refractivity contribution in [3.8, 4) is 5.75 Å². The molecule has 0 fully saturated rings. The van der Waals surface area contributed by atoms with E-state index in [2.05, 4.69) is 0 Å². The molecule has 0 aliphatic heterocycles. The van der Waals surface area contributed by atoms with Crippen LogP contribution >= 0.6 is 0 Å². The number of amides is 1. The van der Waals surface area contributed by atoms with Crippen molar-refractivity contribution in [1.29, 1.82) is 0 Å². The Balaban J connectivity index is 3.07. The molecule has 1 aromatic rings. The molecule has 1 amide bonds. The van der Waals surface area contributed by atoms with Gasteiger partial charge in [0.2, 0.25) is 6.41 Å². The Morgan fingerprint density at radius 2 is 2.24 bits per heavy atom. The van der Waals surface area contributed by atoms with Crippen molar-refractivity contribution in [1.82, 2.24) is 4.90 Å². The van der Waals surface area contributed by atoms with E-state index in [-0.39, 0.29) is 5.75 Å². The van der Waals surface area contributed by atoms with Gasteiger partial charge < -0.3 is 15.1 Å². The third-order valence-corrected chi connectivity index (χ3v) is 2.37. The maximum atomic E-state index is 11.2. The van der Waals surface area contributed by atoms with Crippen LogP contribution in [0.15, 0.2) is 24.3 Å². The van der Waals surface area contributed by atoms with Gasteiger partial charge in [0.15, 0.2) is 6.04 Å². The summed E-state index contributed by atoms with van der Waals surface area (Å²) in [6.45, 7) is 2.22. The zero-order valence-corrected chi connectivity index (χ0v) is 9.54. The Hall–Kier alpha value is -2.04. The summed E-state index contributed by atoms with van der Waals surface area (Å²) >= 11 is 0. The lowest BCUT2D eigenvalue weighted by Crippen LogP contribution is -2.33. The second-order valence-corrected chi connectivity index (χ2v) is 3.68. The number of carbonyl (C=O) groups excluding carboxylic acids is 1. The van der Waals surface area contributed by atoms with Crippen molar-refractivity contribution >= 4 is 12.4 Å². The van der Waals surface area contributed by atoms with Gasteiger partial charge in [-0.15, -0.1) is 0 Å². The molecule has 0 saturated carbocycles. The summed E-state index contributed by atoms with van der Waals surface area (Å²) in [5.74, 6) is -1.13. The quantitative estimate of drug-likeness (QED) is 0.733. The first-order valence-corrected chi connectivity index (χ1v) is 5.33. The van der Waals surface area contributed by atoms with Crippen LogP contribution in [-0.4, -0.2) is 34.0 Å². The standard InChI is InChI=1S/C12H15NO4/c1-2-6-13(8-14)11(12(16)17)9-4-3-5-10(15)7-9/h3-5,7-8,11,15H,2,6H2,1H3,(H,16,17). The molecule has 1 unspecified atom stereocenters. The van der Waals surface area contributed by atoms with Crippen LogP contribution in [0.25, 0.3) is 0 Å². The second-order valence-electron chi connectivity index (χ2n) is 3.68. The number of aliphatic carboxylic acids is 1. The van der Waals surface area contributed by atoms with Crippen molar-refractivity contribution in [3.05, 3.63) is 29.8 Å². The van der Waals surface area contributed by atoms with E-state index in [1.807, 2.05) is 6.92 Å². The first kappa shape index (κ1) is 13.0. The molecule has 0 bridgehead atoms. The average Bonchev–Trinajstić information content (AvgIpc) is 2.28. The van der Waals surface area contributed by atoms with Crippen molar-refractivity contribution in [2.45, 2.75) is 19.4 Å². The number of hydrogen-bond acceptors (Lipinski definition) is 3. The first-order valence-electron chi connectivity index (χ1n) is 5.33. The van der Waals surface area contributed by atoms with Gasteiger partial charge >= 0.3 is 5.97 Å². The van der Waals surface area contributed by atoms with E-state index in [1.54, 1.807) is 12.1 Å². The monoisotopic (exact) mass is 237 g/mol. The van der Waals surface area contributed by atoms with Crippen LogP contribution in [0.1, 0.15) is 24.9 Å². The van der Waals surface area contributed by atoms with Gasteiger partial charge in [-0.2, -0.15) is 0 Å². The summed E-state index contributed by atoms with van der Waals surface area (Å²) in [4.78, 5) is 23.3. The van der Waals surface area contributed by atoms with E-state index >= 15 is 0 Å². The fourth-order valence-corrected chi connectivity index (χ4v) is 1.67. The Labute approximate surface area is 99.3 Å². The summed E-state index contributed by atoms with van der Waals surface area (Å²) in [6, 6.07) is 4.87. The molecule has 0 radical (unpaired) electrons. The summed E-state index contributed by atoms with van der Waals surface area (Å²) in [7, 11) is 0. The maximum absolute atomic E-state index is 11.2. The third kappa shape index (κ3) is 3.21. The van der Waals surface area contributed by atoms with Crippen LogP contribution in [0.3, 0.4) is 0 Å². The van der Waals surface area contributed by atoms with Gasteiger partial charge in [-0.1, -0.05) is 19.1 Å². The third-order valence-electron chi connectivity index (χ3n) is 2.37. The topological polar surface area (TPSA) is 77.8 Å². The molecular weight excluding hydrogens is 222 g/mol. The fraction of sp³-hybridized carbons (Fsp3) is 0.333. The zero-order chi connectivity index (χ0) is 12.8. The lowest BCUT2D eigenvalue weighted by Gasteiger charge is -2.24. The summed E-state index contributed by atoms with van der Waals surface area (Å²) in [5, 5.41) is 18.5. The summed E-state index contributed by atoms with van der Waals surface area (Å²) in [6.07, 6.45) is 1.19. The number of carboxylic acid groups (broad SMARTS) is 1. The highest BCUT2D eigenvalue weighted by Crippen LogP contribution is 2.23. The molecule has 0 heterocycles. The minimum atomic E-state index is -1.11. The van der Waals surface area contributed by atoms with E-state index in [4.69, 9.17) is 5.11 Å². The van der Waals surface area contributed by atoms with E-state index < -0.39 is 12.0 Å². The molecule has 1 rings (SSSR count). The highest BCUT2D eigenvalue weighted by atomic mass is 16.4. The van der Waals surface area contributed by atoms with E-state index in [9.17, 15) is 14.7 Å². The normalized spacial score (nSPS) is 11.8. The lowest BCUT2D eigenvalue weighted by atomic mass is 10.1. The Morgan fingerprint density at radius 3 is 2.71 bits per heavy atom. The predicted molar refractivity (Wildman–Crippen MR) is 61.5 cm³/mol. The number of hydrogen-bond donors (Lipinski definition) is 2. The fourth-order valence-electron chi connectivity index (χ4n) is 1.67.